The molecule has 0 fully saturated rings. The highest BCUT2D eigenvalue weighted by atomic mass is 16.5. The third-order valence-corrected chi connectivity index (χ3v) is 2.28. The largest absolute Gasteiger partial charge is 0.497 e. The number of hydrogen-bond donors (Lipinski definition) is 2. The summed E-state index contributed by atoms with van der Waals surface area (Å²) in [6.07, 6.45) is 3.90. The standard InChI is InChI=1S/C12H14N2O/c1-15-11-5-4-9-7-10(3-2-6-13)14-12(9)8-11/h2-5,7-8,14H,6,13H2,1H3/b3-2+. The van der Waals surface area contributed by atoms with Crippen molar-refractivity contribution in [2.45, 2.75) is 0 Å². The molecule has 0 atom stereocenters. The van der Waals surface area contributed by atoms with Gasteiger partial charge in [-0.3, -0.25) is 0 Å². The van der Waals surface area contributed by atoms with Crippen molar-refractivity contribution in [1.82, 2.24) is 4.98 Å². The summed E-state index contributed by atoms with van der Waals surface area (Å²) in [5.41, 5.74) is 7.53. The van der Waals surface area contributed by atoms with Crippen LogP contribution in [0.5, 0.6) is 5.75 Å². The Kier molecular flexibility index (Phi) is 2.74. The number of nitrogens with one attached hydrogen (secondary N) is 1. The van der Waals surface area contributed by atoms with Gasteiger partial charge in [0.25, 0.3) is 0 Å². The van der Waals surface area contributed by atoms with Crippen LogP contribution >= 0.6 is 0 Å². The summed E-state index contributed by atoms with van der Waals surface area (Å²) in [6, 6.07) is 8.05. The van der Waals surface area contributed by atoms with Crippen LogP contribution in [0.1, 0.15) is 5.69 Å². The second kappa shape index (κ2) is 4.19. The first-order valence-corrected chi connectivity index (χ1v) is 4.87. The van der Waals surface area contributed by atoms with E-state index in [4.69, 9.17) is 10.5 Å². The molecule has 3 N–H and O–H groups in total. The van der Waals surface area contributed by atoms with Crippen LogP contribution in [-0.4, -0.2) is 18.6 Å². The van der Waals surface area contributed by atoms with Crippen LogP contribution in [0.4, 0.5) is 0 Å². The molecular weight excluding hydrogens is 188 g/mol. The summed E-state index contributed by atoms with van der Waals surface area (Å²) in [4.78, 5) is 3.28. The molecule has 0 saturated carbocycles. The SMILES string of the molecule is COc1ccc2cc(/C=C/CN)[nH]c2c1. The molecule has 0 saturated heterocycles. The van der Waals surface area contributed by atoms with E-state index in [2.05, 4.69) is 11.1 Å². The highest BCUT2D eigenvalue weighted by Crippen LogP contribution is 2.21. The number of H-pyrrole nitrogens is 1. The van der Waals surface area contributed by atoms with Crippen LogP contribution in [0.25, 0.3) is 17.0 Å². The Morgan fingerprint density at radius 2 is 2.27 bits per heavy atom. The van der Waals surface area contributed by atoms with Gasteiger partial charge >= 0.3 is 0 Å². The van der Waals surface area contributed by atoms with Gasteiger partial charge in [0.15, 0.2) is 0 Å². The number of aromatic nitrogens is 1. The van der Waals surface area contributed by atoms with Gasteiger partial charge in [0.2, 0.25) is 0 Å². The van der Waals surface area contributed by atoms with Gasteiger partial charge in [-0.1, -0.05) is 6.08 Å². The maximum atomic E-state index is 5.40. The van der Waals surface area contributed by atoms with E-state index in [-0.39, 0.29) is 0 Å². The second-order valence-corrected chi connectivity index (χ2v) is 3.32. The number of rotatable bonds is 3. The molecule has 3 nitrogen and oxygen atoms in total. The molecule has 0 amide bonds. The fraction of sp³-hybridized carbons (Fsp3) is 0.167. The lowest BCUT2D eigenvalue weighted by Crippen LogP contribution is -1.91. The molecule has 0 spiro atoms. The Morgan fingerprint density at radius 3 is 3.00 bits per heavy atom. The van der Waals surface area contributed by atoms with Crippen LogP contribution in [-0.2, 0) is 0 Å². The van der Waals surface area contributed by atoms with Crippen molar-refractivity contribution in [3.63, 3.8) is 0 Å². The zero-order valence-electron chi connectivity index (χ0n) is 8.66. The first-order valence-electron chi connectivity index (χ1n) is 4.87. The first-order chi connectivity index (χ1) is 7.33. The number of nitrogens with two attached hydrogens (primary N) is 1. The van der Waals surface area contributed by atoms with E-state index in [1.54, 1.807) is 7.11 Å². The first kappa shape index (κ1) is 9.80. The molecule has 1 heterocycles. The average Bonchev–Trinajstić information content (AvgIpc) is 2.67. The van der Waals surface area contributed by atoms with Crippen LogP contribution in [0.2, 0.25) is 0 Å². The van der Waals surface area contributed by atoms with Gasteiger partial charge in [-0.05, 0) is 24.3 Å². The molecule has 15 heavy (non-hydrogen) atoms. The van der Waals surface area contributed by atoms with Gasteiger partial charge < -0.3 is 15.5 Å². The Hall–Kier alpha value is -1.74. The summed E-state index contributed by atoms with van der Waals surface area (Å²) in [6.45, 7) is 0.554. The number of hydrogen-bond acceptors (Lipinski definition) is 2. The van der Waals surface area contributed by atoms with E-state index in [0.717, 1.165) is 17.0 Å². The van der Waals surface area contributed by atoms with Crippen molar-refractivity contribution in [3.8, 4) is 5.75 Å². The van der Waals surface area contributed by atoms with Gasteiger partial charge in [-0.15, -0.1) is 0 Å². The van der Waals surface area contributed by atoms with Crippen molar-refractivity contribution in [3.05, 3.63) is 36.0 Å². The maximum Gasteiger partial charge on any atom is 0.120 e. The minimum Gasteiger partial charge on any atom is -0.497 e. The lowest BCUT2D eigenvalue weighted by Gasteiger charge is -1.97. The molecule has 0 bridgehead atoms. The number of benzene rings is 1. The van der Waals surface area contributed by atoms with Crippen molar-refractivity contribution in [2.24, 2.45) is 5.73 Å². The van der Waals surface area contributed by atoms with E-state index in [1.807, 2.05) is 30.4 Å². The number of fused-ring (bicyclic) bond motifs is 1. The Balaban J connectivity index is 2.42. The van der Waals surface area contributed by atoms with E-state index >= 15 is 0 Å². The van der Waals surface area contributed by atoms with Crippen molar-refractivity contribution < 1.29 is 4.74 Å². The molecule has 3 heteroatoms. The lowest BCUT2D eigenvalue weighted by molar-refractivity contribution is 0.415. The van der Waals surface area contributed by atoms with E-state index in [0.29, 0.717) is 6.54 Å². The highest BCUT2D eigenvalue weighted by molar-refractivity contribution is 5.83. The maximum absolute atomic E-state index is 5.40. The summed E-state index contributed by atoms with van der Waals surface area (Å²) in [5, 5.41) is 1.17. The molecule has 78 valence electrons. The van der Waals surface area contributed by atoms with Crippen molar-refractivity contribution >= 4 is 17.0 Å². The summed E-state index contributed by atoms with van der Waals surface area (Å²) in [5.74, 6) is 0.860. The number of ether oxygens (including phenoxy) is 1. The highest BCUT2D eigenvalue weighted by Gasteiger charge is 1.99. The fourth-order valence-corrected chi connectivity index (χ4v) is 1.54. The van der Waals surface area contributed by atoms with E-state index < -0.39 is 0 Å². The van der Waals surface area contributed by atoms with Gasteiger partial charge in [0.05, 0.1) is 7.11 Å². The minimum atomic E-state index is 0.554. The Morgan fingerprint density at radius 1 is 1.40 bits per heavy atom. The number of methoxy groups -OCH3 is 1. The summed E-state index contributed by atoms with van der Waals surface area (Å²) >= 11 is 0. The van der Waals surface area contributed by atoms with Gasteiger partial charge in [-0.2, -0.15) is 0 Å². The molecule has 0 aliphatic heterocycles. The predicted octanol–water partition coefficient (Wildman–Crippen LogP) is 2.15. The predicted molar refractivity (Wildman–Crippen MR) is 62.9 cm³/mol. The van der Waals surface area contributed by atoms with Crippen LogP contribution in [0.3, 0.4) is 0 Å². The van der Waals surface area contributed by atoms with Crippen LogP contribution < -0.4 is 10.5 Å². The molecule has 0 aliphatic carbocycles. The summed E-state index contributed by atoms with van der Waals surface area (Å²) < 4.78 is 5.15. The smallest absolute Gasteiger partial charge is 0.120 e. The van der Waals surface area contributed by atoms with Crippen molar-refractivity contribution in [1.29, 1.82) is 0 Å². The normalized spacial score (nSPS) is 11.3. The van der Waals surface area contributed by atoms with Crippen molar-refractivity contribution in [2.75, 3.05) is 13.7 Å². The zero-order chi connectivity index (χ0) is 10.7. The third-order valence-electron chi connectivity index (χ3n) is 2.28. The fourth-order valence-electron chi connectivity index (χ4n) is 1.54. The van der Waals surface area contributed by atoms with Gasteiger partial charge in [-0.25, -0.2) is 0 Å². The molecule has 1 aromatic heterocycles. The Labute approximate surface area is 88.5 Å². The molecule has 2 rings (SSSR count). The quantitative estimate of drug-likeness (QED) is 0.801. The van der Waals surface area contributed by atoms with Gasteiger partial charge in [0.1, 0.15) is 5.75 Å². The Bertz CT molecular complexity index is 485. The van der Waals surface area contributed by atoms with Crippen LogP contribution in [0.15, 0.2) is 30.3 Å². The molecule has 1 aromatic carbocycles. The zero-order valence-corrected chi connectivity index (χ0v) is 8.66. The molecule has 2 aromatic rings. The lowest BCUT2D eigenvalue weighted by atomic mass is 10.2. The van der Waals surface area contributed by atoms with E-state index in [9.17, 15) is 0 Å². The van der Waals surface area contributed by atoms with E-state index in [1.165, 1.54) is 5.39 Å². The monoisotopic (exact) mass is 202 g/mol. The summed E-state index contributed by atoms with van der Waals surface area (Å²) in [7, 11) is 1.67. The number of aromatic amines is 1. The third kappa shape index (κ3) is 2.02. The molecule has 0 radical (unpaired) electrons. The minimum absolute atomic E-state index is 0.554. The molecule has 0 aliphatic rings. The molecular formula is C12H14N2O. The topological polar surface area (TPSA) is 51.0 Å². The van der Waals surface area contributed by atoms with Crippen LogP contribution in [0, 0.1) is 0 Å². The second-order valence-electron chi connectivity index (χ2n) is 3.32. The molecule has 0 unspecified atom stereocenters. The average molecular weight is 202 g/mol. The van der Waals surface area contributed by atoms with Gasteiger partial charge in [0, 0.05) is 29.2 Å².